The van der Waals surface area contributed by atoms with Gasteiger partial charge >= 0.3 is 0 Å². The number of nitrogens with zero attached hydrogens (tertiary/aromatic N) is 2. The number of amides is 2. The molecule has 2 amide bonds. The van der Waals surface area contributed by atoms with Crippen molar-refractivity contribution in [2.24, 2.45) is 0 Å². The highest BCUT2D eigenvalue weighted by Crippen LogP contribution is 2.26. The van der Waals surface area contributed by atoms with Crippen LogP contribution in [0.4, 0.5) is 5.69 Å². The van der Waals surface area contributed by atoms with Crippen molar-refractivity contribution < 1.29 is 18.0 Å². The van der Waals surface area contributed by atoms with Gasteiger partial charge in [-0.2, -0.15) is 0 Å². The molecule has 0 aliphatic rings. The third-order valence-corrected chi connectivity index (χ3v) is 9.40. The molecule has 0 bridgehead atoms. The molecule has 7 nitrogen and oxygen atoms in total. The van der Waals surface area contributed by atoms with E-state index in [1.165, 1.54) is 29.2 Å². The van der Waals surface area contributed by atoms with E-state index in [2.05, 4.69) is 21.2 Å². The topological polar surface area (TPSA) is 86.8 Å². The lowest BCUT2D eigenvalue weighted by molar-refractivity contribution is -0.140. The molecule has 0 radical (unpaired) electrons. The normalized spacial score (nSPS) is 11.9. The van der Waals surface area contributed by atoms with Gasteiger partial charge in [0, 0.05) is 29.0 Å². The Morgan fingerprint density at radius 1 is 0.884 bits per heavy atom. The smallest absolute Gasteiger partial charge is 0.264 e. The number of benzene rings is 4. The highest BCUT2D eigenvalue weighted by atomic mass is 79.9. The van der Waals surface area contributed by atoms with E-state index in [1.807, 2.05) is 68.4 Å². The molecular weight excluding hydrogens is 650 g/mol. The molecule has 0 spiro atoms. The summed E-state index contributed by atoms with van der Waals surface area (Å²) in [7, 11) is -4.19. The lowest BCUT2D eigenvalue weighted by Crippen LogP contribution is -2.53. The summed E-state index contributed by atoms with van der Waals surface area (Å²) in [5.41, 5.74) is 2.92. The number of aryl methyl sites for hydroxylation is 1. The Bertz CT molecular complexity index is 1650. The number of hydrogen-bond donors (Lipinski definition) is 1. The first-order chi connectivity index (χ1) is 20.6. The minimum absolute atomic E-state index is 0.00613. The maximum Gasteiger partial charge on any atom is 0.264 e. The van der Waals surface area contributed by atoms with Crippen LogP contribution in [0.3, 0.4) is 0 Å². The van der Waals surface area contributed by atoms with E-state index < -0.39 is 28.5 Å². The fourth-order valence-corrected chi connectivity index (χ4v) is 6.64. The summed E-state index contributed by atoms with van der Waals surface area (Å²) in [6.07, 6.45) is 0.251. The van der Waals surface area contributed by atoms with Gasteiger partial charge in [0.1, 0.15) is 12.6 Å². The minimum atomic E-state index is -4.19. The molecule has 0 saturated carbocycles. The predicted octanol–water partition coefficient (Wildman–Crippen LogP) is 6.38. The molecule has 0 aromatic heterocycles. The van der Waals surface area contributed by atoms with Crippen molar-refractivity contribution in [3.05, 3.63) is 129 Å². The number of carbonyl (C=O) groups excluding carboxylic acids is 2. The molecule has 10 heteroatoms. The Labute approximate surface area is 266 Å². The van der Waals surface area contributed by atoms with Crippen LogP contribution in [0, 0.1) is 6.92 Å². The number of anilines is 1. The van der Waals surface area contributed by atoms with Gasteiger partial charge in [-0.25, -0.2) is 8.42 Å². The van der Waals surface area contributed by atoms with Gasteiger partial charge in [0.2, 0.25) is 11.8 Å². The number of nitrogens with one attached hydrogen (secondary N) is 1. The zero-order valence-electron chi connectivity index (χ0n) is 23.9. The van der Waals surface area contributed by atoms with Crippen molar-refractivity contribution in [1.29, 1.82) is 0 Å². The van der Waals surface area contributed by atoms with E-state index in [1.54, 1.807) is 24.3 Å². The Morgan fingerprint density at radius 3 is 2.16 bits per heavy atom. The fourth-order valence-electron chi connectivity index (χ4n) is 4.65. The van der Waals surface area contributed by atoms with Gasteiger partial charge < -0.3 is 10.2 Å². The molecule has 1 N–H and O–H groups in total. The first kappa shape index (κ1) is 32.3. The highest BCUT2D eigenvalue weighted by Gasteiger charge is 2.34. The molecule has 43 heavy (non-hydrogen) atoms. The second-order valence-electron chi connectivity index (χ2n) is 10.1. The summed E-state index contributed by atoms with van der Waals surface area (Å²) in [5, 5.41) is 3.26. The van der Waals surface area contributed by atoms with Crippen LogP contribution in [0.5, 0.6) is 0 Å². The molecular formula is C33H33BrClN3O4S. The van der Waals surface area contributed by atoms with E-state index in [9.17, 15) is 18.0 Å². The largest absolute Gasteiger partial charge is 0.355 e. The second-order valence-corrected chi connectivity index (χ2v) is 13.3. The maximum atomic E-state index is 14.4. The van der Waals surface area contributed by atoms with Crippen molar-refractivity contribution in [3.63, 3.8) is 0 Å². The molecule has 0 saturated heterocycles. The number of rotatable bonds is 12. The molecule has 1 atom stereocenters. The van der Waals surface area contributed by atoms with Gasteiger partial charge in [0.25, 0.3) is 10.0 Å². The van der Waals surface area contributed by atoms with Crippen LogP contribution >= 0.6 is 27.5 Å². The summed E-state index contributed by atoms with van der Waals surface area (Å²) in [6, 6.07) is 28.7. The average molecular weight is 683 g/mol. The van der Waals surface area contributed by atoms with Crippen LogP contribution in [-0.4, -0.2) is 44.3 Å². The molecule has 0 fully saturated rings. The van der Waals surface area contributed by atoms with Crippen LogP contribution in [-0.2, 0) is 32.6 Å². The zero-order valence-corrected chi connectivity index (χ0v) is 27.1. The number of hydrogen-bond acceptors (Lipinski definition) is 4. The van der Waals surface area contributed by atoms with Crippen molar-refractivity contribution in [1.82, 2.24) is 10.2 Å². The summed E-state index contributed by atoms with van der Waals surface area (Å²) >= 11 is 9.52. The molecule has 0 heterocycles. The summed E-state index contributed by atoms with van der Waals surface area (Å²) in [5.74, 6) is -0.845. The number of halogens is 2. The Balaban J connectivity index is 1.79. The van der Waals surface area contributed by atoms with E-state index in [0.717, 1.165) is 25.5 Å². The lowest BCUT2D eigenvalue weighted by atomic mass is 10.0. The first-order valence-corrected chi connectivity index (χ1v) is 16.4. The van der Waals surface area contributed by atoms with E-state index >= 15 is 0 Å². The van der Waals surface area contributed by atoms with Crippen LogP contribution in [0.25, 0.3) is 0 Å². The lowest BCUT2D eigenvalue weighted by Gasteiger charge is -2.34. The van der Waals surface area contributed by atoms with Crippen LogP contribution in [0.2, 0.25) is 5.02 Å². The van der Waals surface area contributed by atoms with Gasteiger partial charge in [0.05, 0.1) is 10.6 Å². The van der Waals surface area contributed by atoms with Gasteiger partial charge in [-0.15, -0.1) is 0 Å². The molecule has 4 aromatic rings. The third-order valence-electron chi connectivity index (χ3n) is 6.87. The van der Waals surface area contributed by atoms with Crippen molar-refractivity contribution in [2.75, 3.05) is 17.4 Å². The van der Waals surface area contributed by atoms with Gasteiger partial charge in [0.15, 0.2) is 0 Å². The number of carbonyl (C=O) groups is 2. The van der Waals surface area contributed by atoms with Gasteiger partial charge in [-0.05, 0) is 73.5 Å². The SMILES string of the molecule is CCNC(=O)C(Cc1ccccc1)N(Cc1cccc(Br)c1)C(=O)CN(c1ccc(C)cc1)S(=O)(=O)c1ccc(Cl)cc1. The number of sulfonamides is 1. The van der Waals surface area contributed by atoms with Crippen molar-refractivity contribution in [2.45, 2.75) is 37.8 Å². The third kappa shape index (κ3) is 8.46. The standard InChI is InChI=1S/C33H33BrClN3O4S/c1-3-36-33(40)31(21-25-8-5-4-6-9-25)37(22-26-10-7-11-27(34)20-26)32(39)23-38(29-16-12-24(2)13-17-29)43(41,42)30-18-14-28(35)15-19-30/h4-20,31H,3,21-23H2,1-2H3,(H,36,40). The van der Waals surface area contributed by atoms with Crippen LogP contribution in [0.1, 0.15) is 23.6 Å². The molecule has 4 aromatic carbocycles. The molecule has 0 aliphatic carbocycles. The minimum Gasteiger partial charge on any atom is -0.355 e. The quantitative estimate of drug-likeness (QED) is 0.188. The molecule has 1 unspecified atom stereocenters. The summed E-state index contributed by atoms with van der Waals surface area (Å²) < 4.78 is 29.9. The Kier molecular flexibility index (Phi) is 11.0. The summed E-state index contributed by atoms with van der Waals surface area (Å²) in [4.78, 5) is 29.4. The molecule has 0 aliphatic heterocycles. The zero-order chi connectivity index (χ0) is 31.0. The van der Waals surface area contributed by atoms with Crippen molar-refractivity contribution in [3.8, 4) is 0 Å². The van der Waals surface area contributed by atoms with E-state index in [4.69, 9.17) is 11.6 Å². The summed E-state index contributed by atoms with van der Waals surface area (Å²) in [6.45, 7) is 3.66. The van der Waals surface area contributed by atoms with Crippen molar-refractivity contribution >= 4 is 55.1 Å². The fraction of sp³-hybridized carbons (Fsp3) is 0.212. The van der Waals surface area contributed by atoms with E-state index in [0.29, 0.717) is 17.3 Å². The Hall–Kier alpha value is -3.66. The van der Waals surface area contributed by atoms with Crippen LogP contribution < -0.4 is 9.62 Å². The molecule has 224 valence electrons. The van der Waals surface area contributed by atoms with Crippen LogP contribution in [0.15, 0.2) is 112 Å². The van der Waals surface area contributed by atoms with E-state index in [-0.39, 0.29) is 23.8 Å². The molecule has 4 rings (SSSR count). The first-order valence-electron chi connectivity index (χ1n) is 13.8. The predicted molar refractivity (Wildman–Crippen MR) is 174 cm³/mol. The highest BCUT2D eigenvalue weighted by molar-refractivity contribution is 9.10. The van der Waals surface area contributed by atoms with Gasteiger partial charge in [-0.3, -0.25) is 13.9 Å². The maximum absolute atomic E-state index is 14.4. The van der Waals surface area contributed by atoms with Gasteiger partial charge in [-0.1, -0.05) is 87.7 Å². The average Bonchev–Trinajstić information content (AvgIpc) is 2.99. The second kappa shape index (κ2) is 14.7. The number of likely N-dealkylation sites (N-methyl/N-ethyl adjacent to an activating group) is 1. The Morgan fingerprint density at radius 2 is 1.53 bits per heavy atom. The monoisotopic (exact) mass is 681 g/mol.